The summed E-state index contributed by atoms with van der Waals surface area (Å²) in [7, 11) is 6.37. The Balaban J connectivity index is 1.86. The largest absolute Gasteiger partial charge is 0.308 e. The van der Waals surface area contributed by atoms with Crippen LogP contribution in [0.4, 0.5) is 0 Å². The summed E-state index contributed by atoms with van der Waals surface area (Å²) in [4.78, 5) is 16.4. The van der Waals surface area contributed by atoms with Crippen LogP contribution < -0.4 is 10.9 Å². The van der Waals surface area contributed by atoms with Crippen molar-refractivity contribution in [3.05, 3.63) is 0 Å². The SMILES string of the molecule is CN(C)CCN(C)CC1NNC(=O)C2CCCCC12. The Morgan fingerprint density at radius 1 is 1.16 bits per heavy atom. The zero-order chi connectivity index (χ0) is 13.8. The molecular weight excluding hydrogens is 240 g/mol. The molecule has 2 rings (SSSR count). The predicted octanol–water partition coefficient (Wildman–Crippen LogP) is 0.289. The second-order valence-corrected chi connectivity index (χ2v) is 6.36. The molecular formula is C14H28N4O. The van der Waals surface area contributed by atoms with Crippen molar-refractivity contribution in [3.8, 4) is 0 Å². The van der Waals surface area contributed by atoms with Crippen LogP contribution in [0.2, 0.25) is 0 Å². The molecule has 2 fully saturated rings. The molecule has 1 heterocycles. The highest BCUT2D eigenvalue weighted by Crippen LogP contribution is 2.34. The van der Waals surface area contributed by atoms with Gasteiger partial charge in [-0.15, -0.1) is 0 Å². The maximum Gasteiger partial charge on any atom is 0.237 e. The van der Waals surface area contributed by atoms with Crippen LogP contribution in [0.5, 0.6) is 0 Å². The molecule has 1 aliphatic heterocycles. The summed E-state index contributed by atoms with van der Waals surface area (Å²) < 4.78 is 0. The molecule has 5 heteroatoms. The maximum absolute atomic E-state index is 11.9. The molecule has 0 aromatic carbocycles. The number of fused-ring (bicyclic) bond motifs is 1. The van der Waals surface area contributed by atoms with Gasteiger partial charge in [0.1, 0.15) is 0 Å². The summed E-state index contributed by atoms with van der Waals surface area (Å²) in [5, 5.41) is 0. The fourth-order valence-electron chi connectivity index (χ4n) is 3.31. The molecule has 3 atom stereocenters. The van der Waals surface area contributed by atoms with Crippen molar-refractivity contribution < 1.29 is 4.79 Å². The van der Waals surface area contributed by atoms with Crippen molar-refractivity contribution in [2.75, 3.05) is 40.8 Å². The van der Waals surface area contributed by atoms with Crippen LogP contribution in [0, 0.1) is 11.8 Å². The number of amides is 1. The van der Waals surface area contributed by atoms with Gasteiger partial charge in [0.05, 0.1) is 0 Å². The molecule has 1 saturated heterocycles. The lowest BCUT2D eigenvalue weighted by Gasteiger charge is -2.42. The maximum atomic E-state index is 11.9. The first kappa shape index (κ1) is 14.8. The molecule has 0 radical (unpaired) electrons. The third kappa shape index (κ3) is 3.91. The molecule has 19 heavy (non-hydrogen) atoms. The van der Waals surface area contributed by atoms with Gasteiger partial charge in [-0.2, -0.15) is 0 Å². The number of hydrazine groups is 1. The van der Waals surface area contributed by atoms with Crippen LogP contribution in [0.15, 0.2) is 0 Å². The Bertz CT molecular complexity index is 308. The Labute approximate surface area is 116 Å². The smallest absolute Gasteiger partial charge is 0.237 e. The monoisotopic (exact) mass is 268 g/mol. The van der Waals surface area contributed by atoms with E-state index in [9.17, 15) is 4.79 Å². The molecule has 0 aromatic rings. The van der Waals surface area contributed by atoms with E-state index < -0.39 is 0 Å². The molecule has 0 bridgehead atoms. The second kappa shape index (κ2) is 6.68. The second-order valence-electron chi connectivity index (χ2n) is 6.36. The Kier molecular flexibility index (Phi) is 5.19. The highest BCUT2D eigenvalue weighted by Gasteiger charge is 2.39. The van der Waals surface area contributed by atoms with Crippen molar-refractivity contribution in [2.24, 2.45) is 11.8 Å². The normalized spacial score (nSPS) is 31.4. The van der Waals surface area contributed by atoms with E-state index in [1.807, 2.05) is 0 Å². The van der Waals surface area contributed by atoms with E-state index in [0.717, 1.165) is 26.1 Å². The first-order valence-corrected chi connectivity index (χ1v) is 7.46. The summed E-state index contributed by atoms with van der Waals surface area (Å²) >= 11 is 0. The van der Waals surface area contributed by atoms with Crippen LogP contribution in [0.3, 0.4) is 0 Å². The van der Waals surface area contributed by atoms with E-state index in [4.69, 9.17) is 0 Å². The van der Waals surface area contributed by atoms with Crippen molar-refractivity contribution in [1.29, 1.82) is 0 Å². The van der Waals surface area contributed by atoms with E-state index >= 15 is 0 Å². The van der Waals surface area contributed by atoms with E-state index in [2.05, 4.69) is 41.8 Å². The zero-order valence-electron chi connectivity index (χ0n) is 12.5. The number of rotatable bonds is 5. The standard InChI is InChI=1S/C14H28N4O/c1-17(2)8-9-18(3)10-13-11-6-4-5-7-12(11)14(19)16-15-13/h11-13,15H,4-10H2,1-3H3,(H,16,19). The number of hydrogen-bond donors (Lipinski definition) is 2. The minimum absolute atomic E-state index is 0.205. The van der Waals surface area contributed by atoms with Gasteiger partial charge in [-0.25, -0.2) is 5.43 Å². The third-order valence-corrected chi connectivity index (χ3v) is 4.49. The van der Waals surface area contributed by atoms with Gasteiger partial charge in [0.15, 0.2) is 0 Å². The molecule has 2 aliphatic rings. The Morgan fingerprint density at radius 3 is 2.63 bits per heavy atom. The summed E-state index contributed by atoms with van der Waals surface area (Å²) in [6.45, 7) is 3.15. The molecule has 1 aliphatic carbocycles. The quantitative estimate of drug-likeness (QED) is 0.752. The first-order valence-electron chi connectivity index (χ1n) is 7.46. The van der Waals surface area contributed by atoms with Crippen molar-refractivity contribution in [2.45, 2.75) is 31.7 Å². The number of nitrogens with one attached hydrogen (secondary N) is 2. The number of carbonyl (C=O) groups excluding carboxylic acids is 1. The summed E-state index contributed by atoms with van der Waals surface area (Å²) in [6.07, 6.45) is 4.74. The topological polar surface area (TPSA) is 47.6 Å². The number of hydrogen-bond acceptors (Lipinski definition) is 4. The molecule has 1 saturated carbocycles. The molecule has 2 N–H and O–H groups in total. The summed E-state index contributed by atoms with van der Waals surface area (Å²) in [5.41, 5.74) is 6.11. The zero-order valence-corrected chi connectivity index (χ0v) is 12.5. The lowest BCUT2D eigenvalue weighted by molar-refractivity contribution is -0.133. The minimum Gasteiger partial charge on any atom is -0.308 e. The van der Waals surface area contributed by atoms with Gasteiger partial charge < -0.3 is 9.80 Å². The minimum atomic E-state index is 0.205. The molecule has 3 unspecified atom stereocenters. The van der Waals surface area contributed by atoms with Gasteiger partial charge in [0.2, 0.25) is 5.91 Å². The van der Waals surface area contributed by atoms with Crippen molar-refractivity contribution >= 4 is 5.91 Å². The van der Waals surface area contributed by atoms with Gasteiger partial charge in [0.25, 0.3) is 0 Å². The lowest BCUT2D eigenvalue weighted by Crippen LogP contribution is -2.62. The summed E-state index contributed by atoms with van der Waals surface area (Å²) in [5.74, 6) is 0.962. The average Bonchev–Trinajstić information content (AvgIpc) is 2.40. The summed E-state index contributed by atoms with van der Waals surface area (Å²) in [6, 6.07) is 0.398. The highest BCUT2D eigenvalue weighted by molar-refractivity contribution is 5.79. The van der Waals surface area contributed by atoms with E-state index in [-0.39, 0.29) is 11.8 Å². The first-order chi connectivity index (χ1) is 9.08. The fraction of sp³-hybridized carbons (Fsp3) is 0.929. The van der Waals surface area contributed by atoms with E-state index in [1.54, 1.807) is 0 Å². The average molecular weight is 268 g/mol. The van der Waals surface area contributed by atoms with Gasteiger partial charge in [0, 0.05) is 31.6 Å². The van der Waals surface area contributed by atoms with E-state index in [1.165, 1.54) is 19.3 Å². The molecule has 0 aromatic heterocycles. The van der Waals surface area contributed by atoms with Crippen LogP contribution >= 0.6 is 0 Å². The lowest BCUT2D eigenvalue weighted by atomic mass is 9.74. The van der Waals surface area contributed by atoms with Crippen molar-refractivity contribution in [1.82, 2.24) is 20.7 Å². The van der Waals surface area contributed by atoms with Crippen LogP contribution in [0.1, 0.15) is 25.7 Å². The Morgan fingerprint density at radius 2 is 1.89 bits per heavy atom. The van der Waals surface area contributed by atoms with Gasteiger partial charge in [-0.05, 0) is 39.9 Å². The molecule has 110 valence electrons. The number of likely N-dealkylation sites (N-methyl/N-ethyl adjacent to an activating group) is 2. The van der Waals surface area contributed by atoms with Gasteiger partial charge >= 0.3 is 0 Å². The van der Waals surface area contributed by atoms with Gasteiger partial charge in [-0.1, -0.05) is 12.8 Å². The van der Waals surface area contributed by atoms with Crippen LogP contribution in [-0.4, -0.2) is 62.5 Å². The van der Waals surface area contributed by atoms with Crippen molar-refractivity contribution in [3.63, 3.8) is 0 Å². The molecule has 0 spiro atoms. The third-order valence-electron chi connectivity index (χ3n) is 4.49. The highest BCUT2D eigenvalue weighted by atomic mass is 16.2. The van der Waals surface area contributed by atoms with E-state index in [0.29, 0.717) is 12.0 Å². The number of nitrogens with zero attached hydrogens (tertiary/aromatic N) is 2. The molecule has 5 nitrogen and oxygen atoms in total. The fourth-order valence-corrected chi connectivity index (χ4v) is 3.31. The van der Waals surface area contributed by atoms with Gasteiger partial charge in [-0.3, -0.25) is 10.2 Å². The molecule has 1 amide bonds. The van der Waals surface area contributed by atoms with Crippen LogP contribution in [-0.2, 0) is 4.79 Å². The Hall–Kier alpha value is -0.650. The predicted molar refractivity (Wildman–Crippen MR) is 76.6 cm³/mol. The number of carbonyl (C=O) groups is 1. The van der Waals surface area contributed by atoms with Crippen LogP contribution in [0.25, 0.3) is 0 Å².